The Morgan fingerprint density at radius 3 is 2.43 bits per heavy atom. The predicted molar refractivity (Wildman–Crippen MR) is 75.8 cm³/mol. The third-order valence-electron chi connectivity index (χ3n) is 4.37. The number of carbonyl (C=O) groups excluding carboxylic acids is 1. The lowest BCUT2D eigenvalue weighted by molar-refractivity contribution is -0.142. The Bertz CT molecular complexity index is 629. The Kier molecular flexibility index (Phi) is 4.19. The van der Waals surface area contributed by atoms with Gasteiger partial charge < -0.3 is 14.7 Å². The fraction of sp³-hybridized carbons (Fsp3) is 0.500. The van der Waals surface area contributed by atoms with Crippen molar-refractivity contribution in [1.29, 1.82) is 0 Å². The fourth-order valence-electron chi connectivity index (χ4n) is 2.92. The van der Waals surface area contributed by atoms with E-state index in [1.807, 2.05) is 0 Å². The Hall–Kier alpha value is -2.18. The smallest absolute Gasteiger partial charge is 0.307 e. The van der Waals surface area contributed by atoms with Crippen molar-refractivity contribution in [2.45, 2.75) is 25.4 Å². The number of nitrogens with zero attached hydrogens (tertiary/aromatic N) is 1. The zero-order chi connectivity index (χ0) is 16.6. The number of benzene rings is 1. The molecule has 23 heavy (non-hydrogen) atoms. The third-order valence-corrected chi connectivity index (χ3v) is 4.37. The Morgan fingerprint density at radius 1 is 1.17 bits per heavy atom. The first kappa shape index (κ1) is 15.7. The number of likely N-dealkylation sites (tertiary alicyclic amines) is 1. The summed E-state index contributed by atoms with van der Waals surface area (Å²) in [7, 11) is 0. The van der Waals surface area contributed by atoms with E-state index in [1.54, 1.807) is 4.90 Å². The van der Waals surface area contributed by atoms with E-state index in [-0.39, 0.29) is 17.8 Å². The molecule has 2 atom stereocenters. The standard InChI is InChI=1S/C16H17F2NO4/c17-9-1-2-14(13(18)7-9)23-10-3-5-19(6-4-10)15(20)11-8-12(11)16(21)22/h1-2,7,10-12H,3-6,8H2,(H,21,22). The molecule has 1 heterocycles. The SMILES string of the molecule is O=C(O)C1CC1C(=O)N1CCC(Oc2ccc(F)cc2F)CC1. The van der Waals surface area contributed by atoms with Gasteiger partial charge >= 0.3 is 5.97 Å². The van der Waals surface area contributed by atoms with Crippen molar-refractivity contribution in [1.82, 2.24) is 4.90 Å². The molecule has 1 aliphatic carbocycles. The number of carboxylic acids is 1. The summed E-state index contributed by atoms with van der Waals surface area (Å²) >= 11 is 0. The number of carboxylic acid groups (broad SMARTS) is 1. The molecule has 1 N–H and O–H groups in total. The molecule has 0 bridgehead atoms. The summed E-state index contributed by atoms with van der Waals surface area (Å²) in [6.07, 6.45) is 1.24. The van der Waals surface area contributed by atoms with Crippen LogP contribution in [-0.4, -0.2) is 41.1 Å². The molecule has 0 aromatic heterocycles. The summed E-state index contributed by atoms with van der Waals surface area (Å²) in [5.41, 5.74) is 0. The van der Waals surface area contributed by atoms with Crippen LogP contribution in [0.4, 0.5) is 8.78 Å². The first-order valence-corrected chi connectivity index (χ1v) is 7.59. The van der Waals surface area contributed by atoms with Crippen molar-refractivity contribution in [3.63, 3.8) is 0 Å². The molecule has 1 amide bonds. The first-order valence-electron chi connectivity index (χ1n) is 7.59. The van der Waals surface area contributed by atoms with Crippen LogP contribution in [0.3, 0.4) is 0 Å². The number of hydrogen-bond donors (Lipinski definition) is 1. The lowest BCUT2D eigenvalue weighted by Crippen LogP contribution is -2.42. The zero-order valence-corrected chi connectivity index (χ0v) is 12.4. The highest BCUT2D eigenvalue weighted by Crippen LogP contribution is 2.40. The normalized spacial score (nSPS) is 24.3. The van der Waals surface area contributed by atoms with Gasteiger partial charge in [0, 0.05) is 32.0 Å². The highest BCUT2D eigenvalue weighted by molar-refractivity contribution is 5.89. The molecule has 2 unspecified atom stereocenters. The fourth-order valence-corrected chi connectivity index (χ4v) is 2.92. The van der Waals surface area contributed by atoms with Crippen LogP contribution in [0.1, 0.15) is 19.3 Å². The van der Waals surface area contributed by atoms with Gasteiger partial charge in [-0.2, -0.15) is 0 Å². The van der Waals surface area contributed by atoms with Crippen LogP contribution in [0, 0.1) is 23.5 Å². The minimum absolute atomic E-state index is 0.00399. The van der Waals surface area contributed by atoms with Crippen LogP contribution >= 0.6 is 0 Å². The van der Waals surface area contributed by atoms with Crippen LogP contribution in [0.2, 0.25) is 0 Å². The van der Waals surface area contributed by atoms with E-state index in [2.05, 4.69) is 0 Å². The van der Waals surface area contributed by atoms with Gasteiger partial charge in [0.25, 0.3) is 0 Å². The van der Waals surface area contributed by atoms with Crippen molar-refractivity contribution < 1.29 is 28.2 Å². The first-order chi connectivity index (χ1) is 11.0. The van der Waals surface area contributed by atoms with E-state index < -0.39 is 29.4 Å². The van der Waals surface area contributed by atoms with E-state index in [1.165, 1.54) is 6.07 Å². The molecule has 1 aromatic carbocycles. The molecule has 1 aliphatic heterocycles. The van der Waals surface area contributed by atoms with Crippen molar-refractivity contribution in [2.75, 3.05) is 13.1 Å². The van der Waals surface area contributed by atoms with Crippen LogP contribution in [-0.2, 0) is 9.59 Å². The second kappa shape index (κ2) is 6.14. The van der Waals surface area contributed by atoms with E-state index in [0.29, 0.717) is 32.4 Å². The topological polar surface area (TPSA) is 66.8 Å². The molecule has 3 rings (SSSR count). The van der Waals surface area contributed by atoms with Crippen LogP contribution in [0.5, 0.6) is 5.75 Å². The van der Waals surface area contributed by atoms with Crippen molar-refractivity contribution in [3.8, 4) is 5.75 Å². The van der Waals surface area contributed by atoms with Gasteiger partial charge in [0.05, 0.1) is 11.8 Å². The molecule has 2 aliphatic rings. The van der Waals surface area contributed by atoms with Gasteiger partial charge in [0.1, 0.15) is 11.9 Å². The van der Waals surface area contributed by atoms with Crippen LogP contribution < -0.4 is 4.74 Å². The highest BCUT2D eigenvalue weighted by Gasteiger charge is 2.50. The number of ether oxygens (including phenoxy) is 1. The van der Waals surface area contributed by atoms with E-state index in [9.17, 15) is 18.4 Å². The Labute approximate surface area is 131 Å². The number of halogens is 2. The number of piperidine rings is 1. The second-order valence-electron chi connectivity index (χ2n) is 6.00. The average molecular weight is 325 g/mol. The second-order valence-corrected chi connectivity index (χ2v) is 6.00. The van der Waals surface area contributed by atoms with E-state index in [4.69, 9.17) is 9.84 Å². The van der Waals surface area contributed by atoms with Crippen molar-refractivity contribution in [2.24, 2.45) is 11.8 Å². The maximum absolute atomic E-state index is 13.6. The highest BCUT2D eigenvalue weighted by atomic mass is 19.1. The molecule has 1 saturated heterocycles. The Balaban J connectivity index is 1.51. The maximum Gasteiger partial charge on any atom is 0.307 e. The molecule has 5 nitrogen and oxygen atoms in total. The number of amides is 1. The van der Waals surface area contributed by atoms with Gasteiger partial charge in [-0.05, 0) is 18.6 Å². The average Bonchev–Trinajstić information content (AvgIpc) is 3.31. The molecule has 7 heteroatoms. The largest absolute Gasteiger partial charge is 0.487 e. The number of hydrogen-bond acceptors (Lipinski definition) is 3. The summed E-state index contributed by atoms with van der Waals surface area (Å²) in [4.78, 5) is 24.6. The Morgan fingerprint density at radius 2 is 1.87 bits per heavy atom. The molecule has 2 fully saturated rings. The van der Waals surface area contributed by atoms with Gasteiger partial charge in [-0.15, -0.1) is 0 Å². The lowest BCUT2D eigenvalue weighted by atomic mass is 10.1. The number of aliphatic carboxylic acids is 1. The van der Waals surface area contributed by atoms with Gasteiger partial charge in [-0.25, -0.2) is 8.78 Å². The quantitative estimate of drug-likeness (QED) is 0.920. The summed E-state index contributed by atoms with van der Waals surface area (Å²) in [5, 5.41) is 8.87. The summed E-state index contributed by atoms with van der Waals surface area (Å²) in [6.45, 7) is 0.907. The molecule has 1 saturated carbocycles. The van der Waals surface area contributed by atoms with Crippen molar-refractivity contribution >= 4 is 11.9 Å². The lowest BCUT2D eigenvalue weighted by Gasteiger charge is -2.32. The summed E-state index contributed by atoms with van der Waals surface area (Å²) < 4.78 is 31.9. The minimum atomic E-state index is -0.923. The molecule has 1 aromatic rings. The summed E-state index contributed by atoms with van der Waals surface area (Å²) in [6, 6.07) is 3.16. The third kappa shape index (κ3) is 3.43. The molecule has 0 radical (unpaired) electrons. The summed E-state index contributed by atoms with van der Waals surface area (Å²) in [5.74, 6) is -3.40. The van der Waals surface area contributed by atoms with Gasteiger partial charge in [-0.3, -0.25) is 9.59 Å². The number of carbonyl (C=O) groups is 2. The van der Waals surface area contributed by atoms with Crippen LogP contribution in [0.15, 0.2) is 18.2 Å². The molecule has 0 spiro atoms. The molecule has 124 valence electrons. The van der Waals surface area contributed by atoms with E-state index in [0.717, 1.165) is 12.1 Å². The zero-order valence-electron chi connectivity index (χ0n) is 12.4. The van der Waals surface area contributed by atoms with Gasteiger partial charge in [-0.1, -0.05) is 0 Å². The van der Waals surface area contributed by atoms with E-state index >= 15 is 0 Å². The van der Waals surface area contributed by atoms with Crippen molar-refractivity contribution in [3.05, 3.63) is 29.8 Å². The van der Waals surface area contributed by atoms with Gasteiger partial charge in [0.2, 0.25) is 5.91 Å². The van der Waals surface area contributed by atoms with Gasteiger partial charge in [0.15, 0.2) is 11.6 Å². The monoisotopic (exact) mass is 325 g/mol. The minimum Gasteiger partial charge on any atom is -0.487 e. The predicted octanol–water partition coefficient (Wildman–Crippen LogP) is 2.06. The maximum atomic E-state index is 13.6. The molecular weight excluding hydrogens is 308 g/mol. The van der Waals surface area contributed by atoms with Crippen LogP contribution in [0.25, 0.3) is 0 Å². The number of rotatable bonds is 4. The molecular formula is C16H17F2NO4.